The fraction of sp³-hybridized carbons (Fsp3) is 0.667. The Labute approximate surface area is 96.3 Å². The van der Waals surface area contributed by atoms with Crippen LogP contribution in [0.1, 0.15) is 51.3 Å². The third-order valence-corrected chi connectivity index (χ3v) is 2.68. The monoisotopic (exact) mass is 224 g/mol. The van der Waals surface area contributed by atoms with Crippen LogP contribution in [0.5, 0.6) is 0 Å². The van der Waals surface area contributed by atoms with Gasteiger partial charge >= 0.3 is 6.09 Å². The molecule has 0 saturated carbocycles. The SMILES string of the molecule is CCCCCCCCc1nccn1C(=O)O. The first-order valence-electron chi connectivity index (χ1n) is 6.01. The number of rotatable bonds is 7. The Kier molecular flexibility index (Phi) is 5.61. The van der Waals surface area contributed by atoms with Gasteiger partial charge in [0, 0.05) is 18.8 Å². The number of carboxylic acid groups (broad SMARTS) is 1. The van der Waals surface area contributed by atoms with E-state index in [1.165, 1.54) is 36.4 Å². The van der Waals surface area contributed by atoms with Crippen LogP contribution in [0, 0.1) is 0 Å². The van der Waals surface area contributed by atoms with Gasteiger partial charge in [-0.25, -0.2) is 14.3 Å². The Morgan fingerprint density at radius 2 is 2.00 bits per heavy atom. The van der Waals surface area contributed by atoms with Gasteiger partial charge in [0.1, 0.15) is 5.82 Å². The first kappa shape index (κ1) is 12.7. The predicted octanol–water partition coefficient (Wildman–Crippen LogP) is 3.31. The molecule has 0 fully saturated rings. The van der Waals surface area contributed by atoms with Gasteiger partial charge in [-0.15, -0.1) is 0 Å². The lowest BCUT2D eigenvalue weighted by molar-refractivity contribution is 0.195. The lowest BCUT2D eigenvalue weighted by Crippen LogP contribution is -2.11. The number of carbonyl (C=O) groups is 1. The average molecular weight is 224 g/mol. The highest BCUT2D eigenvalue weighted by Crippen LogP contribution is 2.08. The third-order valence-electron chi connectivity index (χ3n) is 2.68. The summed E-state index contributed by atoms with van der Waals surface area (Å²) in [7, 11) is 0. The highest BCUT2D eigenvalue weighted by atomic mass is 16.4. The van der Waals surface area contributed by atoms with Crippen molar-refractivity contribution < 1.29 is 9.90 Å². The van der Waals surface area contributed by atoms with Crippen molar-refractivity contribution in [3.8, 4) is 0 Å². The Morgan fingerprint density at radius 1 is 1.31 bits per heavy atom. The van der Waals surface area contributed by atoms with E-state index in [-0.39, 0.29) is 0 Å². The Hall–Kier alpha value is -1.32. The number of aromatic nitrogens is 2. The van der Waals surface area contributed by atoms with E-state index in [1.54, 1.807) is 6.20 Å². The van der Waals surface area contributed by atoms with Crippen LogP contribution >= 0.6 is 0 Å². The quantitative estimate of drug-likeness (QED) is 0.723. The summed E-state index contributed by atoms with van der Waals surface area (Å²) in [6.45, 7) is 2.20. The van der Waals surface area contributed by atoms with Gasteiger partial charge in [0.15, 0.2) is 0 Å². The van der Waals surface area contributed by atoms with Crippen molar-refractivity contribution in [2.24, 2.45) is 0 Å². The molecular weight excluding hydrogens is 204 g/mol. The van der Waals surface area contributed by atoms with E-state index in [0.29, 0.717) is 5.82 Å². The van der Waals surface area contributed by atoms with Crippen molar-refractivity contribution in [1.29, 1.82) is 0 Å². The molecule has 1 heterocycles. The Morgan fingerprint density at radius 3 is 2.69 bits per heavy atom. The van der Waals surface area contributed by atoms with Crippen LogP contribution in [0.15, 0.2) is 12.4 Å². The number of hydrogen-bond acceptors (Lipinski definition) is 2. The second kappa shape index (κ2) is 7.04. The molecule has 90 valence electrons. The van der Waals surface area contributed by atoms with Gasteiger partial charge in [-0.2, -0.15) is 0 Å². The molecule has 1 rings (SSSR count). The van der Waals surface area contributed by atoms with Crippen LogP contribution in [0.3, 0.4) is 0 Å². The van der Waals surface area contributed by atoms with Gasteiger partial charge in [-0.1, -0.05) is 39.0 Å². The van der Waals surface area contributed by atoms with Crippen molar-refractivity contribution in [2.45, 2.75) is 51.9 Å². The Balaban J connectivity index is 2.21. The molecule has 1 aromatic rings. The van der Waals surface area contributed by atoms with Gasteiger partial charge in [-0.05, 0) is 6.42 Å². The van der Waals surface area contributed by atoms with E-state index in [9.17, 15) is 4.79 Å². The molecule has 0 aromatic carbocycles. The van der Waals surface area contributed by atoms with Gasteiger partial charge in [0.2, 0.25) is 0 Å². The maximum atomic E-state index is 10.8. The Bertz CT molecular complexity index is 321. The zero-order valence-corrected chi connectivity index (χ0v) is 9.85. The molecule has 0 saturated heterocycles. The average Bonchev–Trinajstić information content (AvgIpc) is 2.71. The summed E-state index contributed by atoms with van der Waals surface area (Å²) in [6, 6.07) is 0. The standard InChI is InChI=1S/C12H20N2O2/c1-2-3-4-5-6-7-8-11-13-9-10-14(11)12(15)16/h9-10H,2-8H2,1H3,(H,15,16). The highest BCUT2D eigenvalue weighted by Gasteiger charge is 2.07. The normalized spacial score (nSPS) is 10.6. The molecule has 4 heteroatoms. The lowest BCUT2D eigenvalue weighted by Gasteiger charge is -2.02. The fourth-order valence-corrected chi connectivity index (χ4v) is 1.76. The van der Waals surface area contributed by atoms with Crippen molar-refractivity contribution in [2.75, 3.05) is 0 Å². The van der Waals surface area contributed by atoms with Gasteiger partial charge in [0.25, 0.3) is 0 Å². The lowest BCUT2D eigenvalue weighted by atomic mass is 10.1. The van der Waals surface area contributed by atoms with Crippen LogP contribution in [-0.2, 0) is 6.42 Å². The summed E-state index contributed by atoms with van der Waals surface area (Å²) >= 11 is 0. The highest BCUT2D eigenvalue weighted by molar-refractivity contribution is 5.68. The third kappa shape index (κ3) is 4.04. The molecule has 0 spiro atoms. The molecule has 0 atom stereocenters. The zero-order valence-electron chi connectivity index (χ0n) is 9.85. The molecule has 4 nitrogen and oxygen atoms in total. The van der Waals surface area contributed by atoms with E-state index in [4.69, 9.17) is 5.11 Å². The van der Waals surface area contributed by atoms with Gasteiger partial charge in [0.05, 0.1) is 0 Å². The van der Waals surface area contributed by atoms with Crippen molar-refractivity contribution in [1.82, 2.24) is 9.55 Å². The second-order valence-corrected chi connectivity index (χ2v) is 4.01. The summed E-state index contributed by atoms with van der Waals surface area (Å²) in [5, 5.41) is 8.85. The van der Waals surface area contributed by atoms with Gasteiger partial charge < -0.3 is 5.11 Å². The van der Waals surface area contributed by atoms with E-state index < -0.39 is 6.09 Å². The largest absolute Gasteiger partial charge is 0.464 e. The molecule has 0 aliphatic heterocycles. The molecule has 0 aliphatic carbocycles. The van der Waals surface area contributed by atoms with E-state index in [2.05, 4.69) is 11.9 Å². The first-order chi connectivity index (χ1) is 7.75. The first-order valence-corrected chi connectivity index (χ1v) is 6.01. The number of unbranched alkanes of at least 4 members (excludes halogenated alkanes) is 5. The van der Waals surface area contributed by atoms with Crippen LogP contribution in [0.2, 0.25) is 0 Å². The van der Waals surface area contributed by atoms with Crippen molar-refractivity contribution in [3.05, 3.63) is 18.2 Å². The number of nitrogens with zero attached hydrogens (tertiary/aromatic N) is 2. The van der Waals surface area contributed by atoms with Crippen molar-refractivity contribution in [3.63, 3.8) is 0 Å². The minimum absolute atomic E-state index is 0.656. The van der Waals surface area contributed by atoms with E-state index in [0.717, 1.165) is 19.3 Å². The predicted molar refractivity (Wildman–Crippen MR) is 62.7 cm³/mol. The van der Waals surface area contributed by atoms with Crippen LogP contribution in [0.4, 0.5) is 4.79 Å². The zero-order chi connectivity index (χ0) is 11.8. The fourth-order valence-electron chi connectivity index (χ4n) is 1.76. The molecule has 1 N–H and O–H groups in total. The maximum absolute atomic E-state index is 10.8. The summed E-state index contributed by atoms with van der Waals surface area (Å²) in [6.07, 6.45) is 10.1. The summed E-state index contributed by atoms with van der Waals surface area (Å²) < 4.78 is 1.20. The van der Waals surface area contributed by atoms with Crippen LogP contribution in [-0.4, -0.2) is 20.8 Å². The van der Waals surface area contributed by atoms with Gasteiger partial charge in [-0.3, -0.25) is 0 Å². The minimum Gasteiger partial charge on any atom is -0.464 e. The minimum atomic E-state index is -0.946. The molecule has 16 heavy (non-hydrogen) atoms. The number of imidazole rings is 1. The summed E-state index contributed by atoms with van der Waals surface area (Å²) in [4.78, 5) is 14.8. The molecule has 0 unspecified atom stereocenters. The second-order valence-electron chi connectivity index (χ2n) is 4.01. The topological polar surface area (TPSA) is 55.1 Å². The number of aryl methyl sites for hydroxylation is 1. The van der Waals surface area contributed by atoms with Crippen molar-refractivity contribution >= 4 is 6.09 Å². The molecule has 0 radical (unpaired) electrons. The molecular formula is C12H20N2O2. The molecule has 1 aromatic heterocycles. The molecule has 0 amide bonds. The van der Waals surface area contributed by atoms with Crippen LogP contribution < -0.4 is 0 Å². The van der Waals surface area contributed by atoms with E-state index in [1.807, 2.05) is 0 Å². The maximum Gasteiger partial charge on any atom is 0.416 e. The smallest absolute Gasteiger partial charge is 0.416 e. The molecule has 0 bridgehead atoms. The molecule has 0 aliphatic rings. The van der Waals surface area contributed by atoms with E-state index >= 15 is 0 Å². The van der Waals surface area contributed by atoms with Crippen LogP contribution in [0.25, 0.3) is 0 Å². The summed E-state index contributed by atoms with van der Waals surface area (Å²) in [5.74, 6) is 0.656. The summed E-state index contributed by atoms with van der Waals surface area (Å²) in [5.41, 5.74) is 0. The number of hydrogen-bond donors (Lipinski definition) is 1.